The zero-order chi connectivity index (χ0) is 14.4. The van der Waals surface area contributed by atoms with Gasteiger partial charge in [-0.3, -0.25) is 4.21 Å². The predicted octanol–water partition coefficient (Wildman–Crippen LogP) is 2.64. The highest BCUT2D eigenvalue weighted by Gasteiger charge is 2.06. The van der Waals surface area contributed by atoms with Gasteiger partial charge in [0.2, 0.25) is 0 Å². The lowest BCUT2D eigenvalue weighted by molar-refractivity contribution is 0.342. The van der Waals surface area contributed by atoms with E-state index < -0.39 is 10.8 Å². The molecule has 0 spiro atoms. The summed E-state index contributed by atoms with van der Waals surface area (Å²) in [7, 11) is -1.02. The Morgan fingerprint density at radius 3 is 2.45 bits per heavy atom. The van der Waals surface area contributed by atoms with Gasteiger partial charge in [0.25, 0.3) is 0 Å². The van der Waals surface area contributed by atoms with Crippen molar-refractivity contribution < 1.29 is 8.95 Å². The van der Waals surface area contributed by atoms with Crippen molar-refractivity contribution in [3.8, 4) is 5.75 Å². The Labute approximate surface area is 122 Å². The second-order valence-electron chi connectivity index (χ2n) is 4.51. The van der Waals surface area contributed by atoms with Gasteiger partial charge in [0.1, 0.15) is 12.4 Å². The normalized spacial score (nSPS) is 12.1. The zero-order valence-electron chi connectivity index (χ0n) is 11.5. The van der Waals surface area contributed by atoms with Gasteiger partial charge in [0.15, 0.2) is 0 Å². The fourth-order valence-electron chi connectivity index (χ4n) is 1.88. The van der Waals surface area contributed by atoms with Gasteiger partial charge in [-0.2, -0.15) is 0 Å². The number of nitrogens with two attached hydrogens (primary N) is 1. The summed E-state index contributed by atoms with van der Waals surface area (Å²) in [6.07, 6.45) is 0. The monoisotopic (exact) mass is 289 g/mol. The van der Waals surface area contributed by atoms with Crippen molar-refractivity contribution in [3.63, 3.8) is 0 Å². The second-order valence-corrected chi connectivity index (χ2v) is 6.05. The minimum atomic E-state index is -1.02. The van der Waals surface area contributed by atoms with Crippen LogP contribution in [0.1, 0.15) is 11.1 Å². The highest BCUT2D eigenvalue weighted by Crippen LogP contribution is 2.14. The van der Waals surface area contributed by atoms with Gasteiger partial charge in [-0.1, -0.05) is 30.3 Å². The second kappa shape index (κ2) is 7.22. The zero-order valence-corrected chi connectivity index (χ0v) is 12.4. The minimum absolute atomic E-state index is 0.433. The molecule has 0 amide bonds. The molecular formula is C16H19NO2S. The van der Waals surface area contributed by atoms with Gasteiger partial charge >= 0.3 is 0 Å². The lowest BCUT2D eigenvalue weighted by atomic mass is 10.2. The maximum Gasteiger partial charge on any atom is 0.119 e. The Kier molecular flexibility index (Phi) is 5.32. The fraction of sp³-hybridized carbons (Fsp3) is 0.250. The molecule has 2 N–H and O–H groups in total. The van der Waals surface area contributed by atoms with Crippen LogP contribution in [0, 0.1) is 6.92 Å². The highest BCUT2D eigenvalue weighted by atomic mass is 32.2. The van der Waals surface area contributed by atoms with Crippen LogP contribution in [-0.2, 0) is 17.3 Å². The number of hydrogen-bond donors (Lipinski definition) is 1. The average Bonchev–Trinajstić information content (AvgIpc) is 2.48. The van der Waals surface area contributed by atoms with Crippen molar-refractivity contribution >= 4 is 10.8 Å². The molecule has 1 atom stereocenters. The van der Waals surface area contributed by atoms with Crippen LogP contribution in [0.5, 0.6) is 5.75 Å². The maximum atomic E-state index is 12.2. The third-order valence-electron chi connectivity index (χ3n) is 3.04. The summed E-state index contributed by atoms with van der Waals surface area (Å²) in [5, 5.41) is 0. The first kappa shape index (κ1) is 14.8. The first-order valence-electron chi connectivity index (χ1n) is 6.56. The van der Waals surface area contributed by atoms with Crippen molar-refractivity contribution in [2.45, 2.75) is 18.4 Å². The van der Waals surface area contributed by atoms with Crippen molar-refractivity contribution in [1.29, 1.82) is 0 Å². The number of hydrogen-bond acceptors (Lipinski definition) is 3. The molecule has 0 saturated carbocycles. The van der Waals surface area contributed by atoms with E-state index in [9.17, 15) is 4.21 Å². The summed E-state index contributed by atoms with van der Waals surface area (Å²) in [5.74, 6) is 1.27. The molecule has 20 heavy (non-hydrogen) atoms. The Balaban J connectivity index is 1.86. The van der Waals surface area contributed by atoms with Crippen molar-refractivity contribution in [2.75, 3.05) is 12.4 Å². The van der Waals surface area contributed by atoms with Gasteiger partial charge in [0.05, 0.1) is 16.6 Å². The summed E-state index contributed by atoms with van der Waals surface area (Å²) < 4.78 is 17.8. The Morgan fingerprint density at radius 2 is 1.80 bits per heavy atom. The largest absolute Gasteiger partial charge is 0.493 e. The van der Waals surface area contributed by atoms with Crippen LogP contribution in [-0.4, -0.2) is 16.6 Å². The van der Waals surface area contributed by atoms with Crippen LogP contribution in [0.25, 0.3) is 0 Å². The number of rotatable bonds is 6. The Bertz CT molecular complexity index is 581. The quantitative estimate of drug-likeness (QED) is 0.889. The van der Waals surface area contributed by atoms with E-state index >= 15 is 0 Å². The van der Waals surface area contributed by atoms with E-state index in [0.29, 0.717) is 18.9 Å². The van der Waals surface area contributed by atoms with E-state index in [4.69, 9.17) is 10.5 Å². The maximum absolute atomic E-state index is 12.2. The number of benzene rings is 2. The summed E-state index contributed by atoms with van der Waals surface area (Å²) >= 11 is 0. The molecule has 3 nitrogen and oxygen atoms in total. The molecule has 0 bridgehead atoms. The van der Waals surface area contributed by atoms with Crippen LogP contribution in [0.2, 0.25) is 0 Å². The molecule has 2 aromatic carbocycles. The Hall–Kier alpha value is -1.65. The molecule has 0 saturated heterocycles. The van der Waals surface area contributed by atoms with Crippen LogP contribution in [0.3, 0.4) is 0 Å². The predicted molar refractivity (Wildman–Crippen MR) is 82.3 cm³/mol. The smallest absolute Gasteiger partial charge is 0.119 e. The molecular weight excluding hydrogens is 270 g/mol. The lowest BCUT2D eigenvalue weighted by Crippen LogP contribution is -2.09. The van der Waals surface area contributed by atoms with Gasteiger partial charge in [0, 0.05) is 11.4 Å². The molecule has 2 rings (SSSR count). The summed E-state index contributed by atoms with van der Waals surface area (Å²) in [5.41, 5.74) is 7.66. The fourth-order valence-corrected chi connectivity index (χ4v) is 2.99. The molecule has 0 heterocycles. The summed E-state index contributed by atoms with van der Waals surface area (Å²) in [6, 6.07) is 15.4. The molecule has 0 aliphatic rings. The van der Waals surface area contributed by atoms with Crippen molar-refractivity contribution in [3.05, 3.63) is 59.7 Å². The molecule has 0 aliphatic carbocycles. The number of ether oxygens (including phenoxy) is 1. The molecule has 4 heteroatoms. The highest BCUT2D eigenvalue weighted by molar-refractivity contribution is 7.85. The van der Waals surface area contributed by atoms with E-state index in [2.05, 4.69) is 0 Å². The van der Waals surface area contributed by atoms with Gasteiger partial charge < -0.3 is 10.5 Å². The molecule has 0 aromatic heterocycles. The van der Waals surface area contributed by atoms with Crippen molar-refractivity contribution in [1.82, 2.24) is 0 Å². The van der Waals surface area contributed by atoms with E-state index in [1.807, 2.05) is 55.5 Å². The molecule has 0 aliphatic heterocycles. The molecule has 0 radical (unpaired) electrons. The molecule has 0 fully saturated rings. The Morgan fingerprint density at radius 1 is 1.10 bits per heavy atom. The SMILES string of the molecule is Cc1ccccc1S(=O)CCOc1ccc(CN)cc1. The van der Waals surface area contributed by atoms with E-state index in [1.54, 1.807) is 0 Å². The van der Waals surface area contributed by atoms with E-state index in [-0.39, 0.29) is 0 Å². The molecule has 1 unspecified atom stereocenters. The van der Waals surface area contributed by atoms with Gasteiger partial charge in [-0.25, -0.2) is 0 Å². The first-order chi connectivity index (χ1) is 9.70. The van der Waals surface area contributed by atoms with Gasteiger partial charge in [-0.15, -0.1) is 0 Å². The summed E-state index contributed by atoms with van der Waals surface area (Å²) in [4.78, 5) is 0.884. The minimum Gasteiger partial charge on any atom is -0.493 e. The van der Waals surface area contributed by atoms with Crippen LogP contribution in [0.4, 0.5) is 0 Å². The number of aryl methyl sites for hydroxylation is 1. The van der Waals surface area contributed by atoms with Gasteiger partial charge in [-0.05, 0) is 36.2 Å². The van der Waals surface area contributed by atoms with E-state index in [0.717, 1.165) is 21.8 Å². The van der Waals surface area contributed by atoms with Crippen molar-refractivity contribution in [2.24, 2.45) is 5.73 Å². The standard InChI is InChI=1S/C16H19NO2S/c1-13-4-2-3-5-16(13)20(18)11-10-19-15-8-6-14(12-17)7-9-15/h2-9H,10-12,17H2,1H3. The third kappa shape index (κ3) is 3.92. The lowest BCUT2D eigenvalue weighted by Gasteiger charge is -2.08. The topological polar surface area (TPSA) is 52.3 Å². The molecule has 2 aromatic rings. The molecule has 106 valence electrons. The first-order valence-corrected chi connectivity index (χ1v) is 7.88. The third-order valence-corrected chi connectivity index (χ3v) is 4.52. The van der Waals surface area contributed by atoms with Crippen LogP contribution in [0.15, 0.2) is 53.4 Å². The van der Waals surface area contributed by atoms with E-state index in [1.165, 1.54) is 0 Å². The summed E-state index contributed by atoms with van der Waals surface area (Å²) in [6.45, 7) is 2.93. The van der Waals surface area contributed by atoms with Crippen LogP contribution >= 0.6 is 0 Å². The van der Waals surface area contributed by atoms with Crippen LogP contribution < -0.4 is 10.5 Å². The average molecular weight is 289 g/mol.